The molecule has 1 aliphatic rings. The van der Waals surface area contributed by atoms with Crippen LogP contribution in [0, 0.1) is 20.8 Å². The van der Waals surface area contributed by atoms with Crippen molar-refractivity contribution in [3.63, 3.8) is 0 Å². The molecule has 1 atom stereocenters. The van der Waals surface area contributed by atoms with Gasteiger partial charge in [-0.2, -0.15) is 13.2 Å². The Morgan fingerprint density at radius 3 is 2.35 bits per heavy atom. The average Bonchev–Trinajstić information content (AvgIpc) is 2.68. The van der Waals surface area contributed by atoms with Gasteiger partial charge in [0.25, 0.3) is 0 Å². The summed E-state index contributed by atoms with van der Waals surface area (Å²) in [6.07, 6.45) is -5.84. The van der Waals surface area contributed by atoms with Crippen molar-refractivity contribution in [2.24, 2.45) is 0 Å². The number of hydrogen-bond acceptors (Lipinski definition) is 2. The fourth-order valence-corrected chi connectivity index (χ4v) is 3.06. The molecule has 0 radical (unpaired) electrons. The lowest BCUT2D eigenvalue weighted by Gasteiger charge is -2.22. The maximum Gasteiger partial charge on any atom is 0.397 e. The molecule has 2 rings (SSSR count). The van der Waals surface area contributed by atoms with Crippen molar-refractivity contribution in [2.75, 3.05) is 11.4 Å². The number of amides is 2. The van der Waals surface area contributed by atoms with Gasteiger partial charge in [0.1, 0.15) is 12.5 Å². The molecule has 0 aliphatic carbocycles. The van der Waals surface area contributed by atoms with Crippen LogP contribution in [-0.2, 0) is 9.59 Å². The Morgan fingerprint density at radius 2 is 1.83 bits per heavy atom. The molecule has 1 fully saturated rings. The number of anilines is 1. The minimum absolute atomic E-state index is 0.301. The number of nitrogens with zero attached hydrogens (tertiary/aromatic N) is 1. The van der Waals surface area contributed by atoms with E-state index < -0.39 is 24.5 Å². The van der Waals surface area contributed by atoms with Gasteiger partial charge in [-0.15, -0.1) is 0 Å². The van der Waals surface area contributed by atoms with Crippen LogP contribution in [0.1, 0.15) is 29.5 Å². The molecule has 0 bridgehead atoms. The lowest BCUT2D eigenvalue weighted by Crippen LogP contribution is -2.43. The molecule has 0 saturated carbocycles. The smallest absolute Gasteiger partial charge is 0.344 e. The summed E-state index contributed by atoms with van der Waals surface area (Å²) in [7, 11) is 0. The Kier molecular flexibility index (Phi) is 4.68. The molecule has 0 aromatic heterocycles. The Hall–Kier alpha value is -2.05. The molecule has 1 N–H and O–H groups in total. The molecule has 1 aliphatic heterocycles. The lowest BCUT2D eigenvalue weighted by atomic mass is 10.0. The van der Waals surface area contributed by atoms with Crippen LogP contribution in [0.25, 0.3) is 0 Å². The molecule has 23 heavy (non-hydrogen) atoms. The molecule has 1 unspecified atom stereocenters. The van der Waals surface area contributed by atoms with Crippen molar-refractivity contribution < 1.29 is 22.8 Å². The number of carbonyl (C=O) groups excluding carboxylic acids is 2. The average molecular weight is 328 g/mol. The second kappa shape index (κ2) is 6.22. The van der Waals surface area contributed by atoms with Crippen LogP contribution < -0.4 is 10.2 Å². The van der Waals surface area contributed by atoms with Crippen molar-refractivity contribution in [1.29, 1.82) is 0 Å². The van der Waals surface area contributed by atoms with Crippen molar-refractivity contribution in [3.05, 3.63) is 28.8 Å². The van der Waals surface area contributed by atoms with Crippen LogP contribution in [0.4, 0.5) is 18.9 Å². The first-order valence-corrected chi connectivity index (χ1v) is 7.34. The standard InChI is InChI=1S/C16H19F3N2O2/c1-9-6-10(2)14(11(3)7-9)21-5-4-12(15(21)23)20-13(22)8-16(17,18)19/h6-7,12H,4-5,8H2,1-3H3,(H,20,22). The van der Waals surface area contributed by atoms with E-state index in [1.807, 2.05) is 32.9 Å². The van der Waals surface area contributed by atoms with Gasteiger partial charge < -0.3 is 10.2 Å². The van der Waals surface area contributed by atoms with E-state index in [4.69, 9.17) is 0 Å². The molecule has 0 spiro atoms. The van der Waals surface area contributed by atoms with E-state index in [-0.39, 0.29) is 5.91 Å². The van der Waals surface area contributed by atoms with Crippen molar-refractivity contribution >= 4 is 17.5 Å². The number of hydrogen-bond donors (Lipinski definition) is 1. The maximum atomic E-state index is 12.4. The first-order valence-electron chi connectivity index (χ1n) is 7.34. The predicted molar refractivity (Wildman–Crippen MR) is 80.2 cm³/mol. The van der Waals surface area contributed by atoms with Gasteiger partial charge in [-0.1, -0.05) is 17.7 Å². The molecule has 1 aromatic rings. The van der Waals surface area contributed by atoms with Crippen molar-refractivity contribution in [3.8, 4) is 0 Å². The fraction of sp³-hybridized carbons (Fsp3) is 0.500. The van der Waals surface area contributed by atoms with E-state index in [0.717, 1.165) is 22.4 Å². The van der Waals surface area contributed by atoms with Gasteiger partial charge in [-0.05, 0) is 38.3 Å². The second-order valence-electron chi connectivity index (χ2n) is 5.94. The quantitative estimate of drug-likeness (QED) is 0.927. The zero-order valence-corrected chi connectivity index (χ0v) is 13.3. The summed E-state index contributed by atoms with van der Waals surface area (Å²) in [4.78, 5) is 25.4. The summed E-state index contributed by atoms with van der Waals surface area (Å²) in [5.41, 5.74) is 3.70. The van der Waals surface area contributed by atoms with Gasteiger partial charge in [-0.25, -0.2) is 0 Å². The second-order valence-corrected chi connectivity index (χ2v) is 5.94. The predicted octanol–water partition coefficient (Wildman–Crippen LogP) is 2.79. The molecule has 1 aromatic carbocycles. The van der Waals surface area contributed by atoms with Gasteiger partial charge in [0.2, 0.25) is 11.8 Å². The summed E-state index contributed by atoms with van der Waals surface area (Å²) < 4.78 is 36.6. The van der Waals surface area contributed by atoms with E-state index in [1.54, 1.807) is 4.90 Å². The van der Waals surface area contributed by atoms with Crippen LogP contribution in [-0.4, -0.2) is 30.6 Å². The van der Waals surface area contributed by atoms with Gasteiger partial charge in [0, 0.05) is 12.2 Å². The Morgan fingerprint density at radius 1 is 1.26 bits per heavy atom. The normalized spacial score (nSPS) is 18.4. The fourth-order valence-electron chi connectivity index (χ4n) is 3.06. The van der Waals surface area contributed by atoms with E-state index in [0.29, 0.717) is 13.0 Å². The lowest BCUT2D eigenvalue weighted by molar-refractivity contribution is -0.154. The van der Waals surface area contributed by atoms with Crippen LogP contribution >= 0.6 is 0 Å². The number of carbonyl (C=O) groups is 2. The van der Waals surface area contributed by atoms with E-state index in [2.05, 4.69) is 5.32 Å². The summed E-state index contributed by atoms with van der Waals surface area (Å²) in [6.45, 7) is 6.10. The first-order chi connectivity index (χ1) is 10.6. The molecule has 1 saturated heterocycles. The molecule has 126 valence electrons. The maximum absolute atomic E-state index is 12.4. The Balaban J connectivity index is 2.12. The number of halogens is 3. The summed E-state index contributed by atoms with van der Waals surface area (Å²) in [5.74, 6) is -1.54. The molecular weight excluding hydrogens is 309 g/mol. The third kappa shape index (κ3) is 4.03. The SMILES string of the molecule is Cc1cc(C)c(N2CCC(NC(=O)CC(F)(F)F)C2=O)c(C)c1. The van der Waals surface area contributed by atoms with Gasteiger partial charge in [-0.3, -0.25) is 9.59 Å². The highest BCUT2D eigenvalue weighted by Crippen LogP contribution is 2.30. The van der Waals surface area contributed by atoms with Crippen LogP contribution in [0.2, 0.25) is 0 Å². The highest BCUT2D eigenvalue weighted by Gasteiger charge is 2.37. The summed E-state index contributed by atoms with van der Waals surface area (Å²) >= 11 is 0. The van der Waals surface area contributed by atoms with Crippen molar-refractivity contribution in [1.82, 2.24) is 5.32 Å². The third-order valence-electron chi connectivity index (χ3n) is 3.81. The van der Waals surface area contributed by atoms with E-state index >= 15 is 0 Å². The van der Waals surface area contributed by atoms with Gasteiger partial charge >= 0.3 is 6.18 Å². The number of benzene rings is 1. The summed E-state index contributed by atoms with van der Waals surface area (Å²) in [6, 6.07) is 3.00. The van der Waals surface area contributed by atoms with Gasteiger partial charge in [0.15, 0.2) is 0 Å². The number of nitrogens with one attached hydrogen (secondary N) is 1. The largest absolute Gasteiger partial charge is 0.397 e. The van der Waals surface area contributed by atoms with Crippen LogP contribution in [0.5, 0.6) is 0 Å². The Labute approximate surface area is 132 Å². The molecule has 4 nitrogen and oxygen atoms in total. The summed E-state index contributed by atoms with van der Waals surface area (Å²) in [5, 5.41) is 2.19. The van der Waals surface area contributed by atoms with Crippen molar-refractivity contribution in [2.45, 2.75) is 45.8 Å². The molecule has 7 heteroatoms. The topological polar surface area (TPSA) is 49.4 Å². The third-order valence-corrected chi connectivity index (χ3v) is 3.81. The first kappa shape index (κ1) is 17.3. The number of alkyl halides is 3. The van der Waals surface area contributed by atoms with Crippen LogP contribution in [0.15, 0.2) is 12.1 Å². The molecular formula is C16H19F3N2O2. The number of aryl methyl sites for hydroxylation is 3. The zero-order valence-electron chi connectivity index (χ0n) is 13.3. The molecule has 2 amide bonds. The van der Waals surface area contributed by atoms with E-state index in [9.17, 15) is 22.8 Å². The van der Waals surface area contributed by atoms with Gasteiger partial charge in [0.05, 0.1) is 0 Å². The highest BCUT2D eigenvalue weighted by atomic mass is 19.4. The van der Waals surface area contributed by atoms with E-state index in [1.165, 1.54) is 0 Å². The minimum Gasteiger partial charge on any atom is -0.344 e. The minimum atomic E-state index is -4.57. The monoisotopic (exact) mass is 328 g/mol. The van der Waals surface area contributed by atoms with Crippen LogP contribution in [0.3, 0.4) is 0 Å². The molecule has 1 heterocycles. The Bertz CT molecular complexity index is 618. The number of rotatable bonds is 3. The highest BCUT2D eigenvalue weighted by molar-refractivity contribution is 6.02. The zero-order chi connectivity index (χ0) is 17.4.